The molecule has 0 aliphatic carbocycles. The Labute approximate surface area is 201 Å². The average Bonchev–Trinajstić information content (AvgIpc) is 3.12. The van der Waals surface area contributed by atoms with Gasteiger partial charge in [0.25, 0.3) is 5.91 Å². The van der Waals surface area contributed by atoms with Crippen molar-refractivity contribution >= 4 is 39.9 Å². The average molecular weight is 472 g/mol. The van der Waals surface area contributed by atoms with Gasteiger partial charge in [0.1, 0.15) is 5.58 Å². The van der Waals surface area contributed by atoms with Crippen LogP contribution >= 0.6 is 11.6 Å². The molecule has 2 heterocycles. The fraction of sp³-hybridized carbons (Fsp3) is 0.179. The maximum absolute atomic E-state index is 13.7. The fourth-order valence-corrected chi connectivity index (χ4v) is 4.62. The number of hydrogen-bond acceptors (Lipinski definition) is 4. The van der Waals surface area contributed by atoms with Gasteiger partial charge >= 0.3 is 0 Å². The first-order chi connectivity index (χ1) is 16.3. The third-order valence-corrected chi connectivity index (χ3v) is 6.54. The number of hydrogen-bond donors (Lipinski definition) is 0. The summed E-state index contributed by atoms with van der Waals surface area (Å²) in [6.45, 7) is 5.71. The van der Waals surface area contributed by atoms with Gasteiger partial charge in [-0.2, -0.15) is 0 Å². The largest absolute Gasteiger partial charge is 0.450 e. The van der Waals surface area contributed by atoms with Gasteiger partial charge in [0, 0.05) is 16.3 Å². The molecular weight excluding hydrogens is 450 g/mol. The number of carbonyl (C=O) groups excluding carboxylic acids is 2. The highest BCUT2D eigenvalue weighted by Crippen LogP contribution is 2.41. The number of amides is 1. The molecule has 170 valence electrons. The Morgan fingerprint density at radius 3 is 2.26 bits per heavy atom. The minimum absolute atomic E-state index is 0.0217. The molecule has 0 saturated heterocycles. The third kappa shape index (κ3) is 3.53. The summed E-state index contributed by atoms with van der Waals surface area (Å²) in [7, 11) is 0. The molecule has 1 amide bonds. The second kappa shape index (κ2) is 8.26. The highest BCUT2D eigenvalue weighted by molar-refractivity contribution is 6.31. The van der Waals surface area contributed by atoms with Crippen LogP contribution in [0.15, 0.2) is 75.9 Å². The number of ketones is 1. The topological polar surface area (TPSA) is 67.6 Å². The van der Waals surface area contributed by atoms with E-state index < -0.39 is 11.9 Å². The normalized spacial score (nSPS) is 15.3. The molecule has 1 unspecified atom stereocenters. The molecule has 0 fully saturated rings. The molecule has 1 aliphatic heterocycles. The van der Waals surface area contributed by atoms with Gasteiger partial charge in [0.15, 0.2) is 11.2 Å². The molecule has 4 aromatic rings. The van der Waals surface area contributed by atoms with Crippen LogP contribution in [-0.4, -0.2) is 11.7 Å². The van der Waals surface area contributed by atoms with Crippen LogP contribution in [0.4, 0.5) is 5.69 Å². The van der Waals surface area contributed by atoms with Crippen molar-refractivity contribution in [3.63, 3.8) is 0 Å². The van der Waals surface area contributed by atoms with Gasteiger partial charge in [-0.25, -0.2) is 0 Å². The predicted molar refractivity (Wildman–Crippen MR) is 133 cm³/mol. The number of rotatable bonds is 4. The quantitative estimate of drug-likeness (QED) is 0.318. The van der Waals surface area contributed by atoms with Crippen molar-refractivity contribution in [1.29, 1.82) is 0 Å². The Morgan fingerprint density at radius 2 is 1.65 bits per heavy atom. The number of Topliss-reactive ketones (excluding diaryl/α,β-unsaturated/α-hetero) is 1. The first kappa shape index (κ1) is 22.1. The van der Waals surface area contributed by atoms with E-state index in [9.17, 15) is 14.4 Å². The van der Waals surface area contributed by atoms with E-state index in [0.717, 1.165) is 11.1 Å². The number of nitrogens with zero attached hydrogens (tertiary/aromatic N) is 1. The van der Waals surface area contributed by atoms with Crippen LogP contribution in [0.1, 0.15) is 70.3 Å². The number of benzene rings is 3. The van der Waals surface area contributed by atoms with Gasteiger partial charge in [-0.1, -0.05) is 49.7 Å². The molecule has 5 rings (SSSR count). The van der Waals surface area contributed by atoms with Crippen molar-refractivity contribution < 1.29 is 14.0 Å². The zero-order chi connectivity index (χ0) is 24.1. The zero-order valence-electron chi connectivity index (χ0n) is 19.0. The van der Waals surface area contributed by atoms with Crippen molar-refractivity contribution in [3.05, 3.63) is 110 Å². The first-order valence-corrected chi connectivity index (χ1v) is 11.4. The number of fused-ring (bicyclic) bond motifs is 2. The highest BCUT2D eigenvalue weighted by atomic mass is 35.5. The van der Waals surface area contributed by atoms with E-state index in [1.807, 2.05) is 24.3 Å². The molecule has 0 N–H and O–H groups in total. The van der Waals surface area contributed by atoms with Crippen molar-refractivity contribution in [2.45, 2.75) is 32.7 Å². The van der Waals surface area contributed by atoms with Crippen molar-refractivity contribution in [1.82, 2.24) is 0 Å². The summed E-state index contributed by atoms with van der Waals surface area (Å²) < 4.78 is 5.98. The first-order valence-electron chi connectivity index (χ1n) is 11.1. The Kier molecular flexibility index (Phi) is 5.37. The van der Waals surface area contributed by atoms with E-state index in [4.69, 9.17) is 16.0 Å². The van der Waals surface area contributed by atoms with Crippen LogP contribution in [0.25, 0.3) is 11.0 Å². The zero-order valence-corrected chi connectivity index (χ0v) is 19.7. The number of carbonyl (C=O) groups is 2. The van der Waals surface area contributed by atoms with Crippen molar-refractivity contribution in [2.24, 2.45) is 0 Å². The summed E-state index contributed by atoms with van der Waals surface area (Å²) in [5.74, 6) is -0.104. The molecule has 1 aromatic heterocycles. The van der Waals surface area contributed by atoms with Gasteiger partial charge in [-0.15, -0.1) is 0 Å². The summed E-state index contributed by atoms with van der Waals surface area (Å²) in [4.78, 5) is 40.6. The van der Waals surface area contributed by atoms with Gasteiger partial charge in [-0.3, -0.25) is 19.3 Å². The van der Waals surface area contributed by atoms with Gasteiger partial charge < -0.3 is 4.42 Å². The van der Waals surface area contributed by atoms with Gasteiger partial charge in [0.05, 0.1) is 17.0 Å². The fourth-order valence-electron chi connectivity index (χ4n) is 4.45. The molecule has 3 aromatic carbocycles. The second-order valence-corrected chi connectivity index (χ2v) is 9.25. The lowest BCUT2D eigenvalue weighted by atomic mass is 9.95. The van der Waals surface area contributed by atoms with Crippen LogP contribution in [0.2, 0.25) is 5.02 Å². The van der Waals surface area contributed by atoms with Crippen LogP contribution in [0, 0.1) is 0 Å². The lowest BCUT2D eigenvalue weighted by molar-refractivity contribution is 0.0970. The Bertz CT molecular complexity index is 1500. The van der Waals surface area contributed by atoms with Gasteiger partial charge in [-0.05, 0) is 66.4 Å². The van der Waals surface area contributed by atoms with Crippen molar-refractivity contribution in [3.8, 4) is 0 Å². The molecule has 5 nitrogen and oxygen atoms in total. The number of anilines is 1. The van der Waals surface area contributed by atoms with E-state index in [1.54, 1.807) is 47.4 Å². The SMILES string of the molecule is CC(=O)c1ccc(N2C(=O)c3oc4ccc(Cl)cc4c(=O)c3C2c2ccc(C(C)C)cc2)cc1. The predicted octanol–water partition coefficient (Wildman–Crippen LogP) is 6.52. The summed E-state index contributed by atoms with van der Waals surface area (Å²) in [5.41, 5.74) is 3.37. The smallest absolute Gasteiger partial charge is 0.295 e. The summed E-state index contributed by atoms with van der Waals surface area (Å²) in [6, 6.07) is 18.8. The third-order valence-electron chi connectivity index (χ3n) is 6.30. The highest BCUT2D eigenvalue weighted by Gasteiger charge is 2.43. The molecule has 6 heteroatoms. The Morgan fingerprint density at radius 1 is 0.971 bits per heavy atom. The van der Waals surface area contributed by atoms with E-state index >= 15 is 0 Å². The lowest BCUT2D eigenvalue weighted by Crippen LogP contribution is -2.29. The summed E-state index contributed by atoms with van der Waals surface area (Å²) in [6.07, 6.45) is 0. The Hall–Kier alpha value is -3.70. The molecular formula is C28H22ClNO4. The summed E-state index contributed by atoms with van der Waals surface area (Å²) >= 11 is 6.15. The minimum atomic E-state index is -0.675. The number of halogens is 1. The van der Waals surface area contributed by atoms with Crippen molar-refractivity contribution in [2.75, 3.05) is 4.90 Å². The van der Waals surface area contributed by atoms with Gasteiger partial charge in [0.2, 0.25) is 5.76 Å². The minimum Gasteiger partial charge on any atom is -0.450 e. The van der Waals surface area contributed by atoms with Crippen LogP contribution in [-0.2, 0) is 0 Å². The Balaban J connectivity index is 1.75. The standard InChI is InChI=1S/C28H22ClNO4/c1-15(2)17-4-6-19(7-5-17)25-24-26(32)22-14-20(29)10-13-23(22)34-27(24)28(33)30(25)21-11-8-18(9-12-21)16(3)31/h4-15,25H,1-3H3. The maximum Gasteiger partial charge on any atom is 0.295 e. The molecule has 0 bridgehead atoms. The molecule has 0 radical (unpaired) electrons. The molecule has 0 spiro atoms. The van der Waals surface area contributed by atoms with Crippen LogP contribution < -0.4 is 10.3 Å². The van der Waals surface area contributed by atoms with E-state index in [0.29, 0.717) is 33.2 Å². The summed E-state index contributed by atoms with van der Waals surface area (Å²) in [5, 5.41) is 0.746. The lowest BCUT2D eigenvalue weighted by Gasteiger charge is -2.25. The van der Waals surface area contributed by atoms with Crippen LogP contribution in [0.3, 0.4) is 0 Å². The molecule has 1 aliphatic rings. The molecule has 34 heavy (non-hydrogen) atoms. The second-order valence-electron chi connectivity index (χ2n) is 8.82. The van der Waals surface area contributed by atoms with E-state index in [1.165, 1.54) is 6.92 Å². The van der Waals surface area contributed by atoms with E-state index in [-0.39, 0.29) is 22.5 Å². The monoisotopic (exact) mass is 471 g/mol. The molecule has 1 atom stereocenters. The molecule has 0 saturated carbocycles. The van der Waals surface area contributed by atoms with E-state index in [2.05, 4.69) is 13.8 Å². The maximum atomic E-state index is 13.7. The van der Waals surface area contributed by atoms with Crippen LogP contribution in [0.5, 0.6) is 0 Å².